The molecule has 1 N–H and O–H groups in total. The molecule has 2 atom stereocenters. The highest BCUT2D eigenvalue weighted by Gasteiger charge is 2.21. The van der Waals surface area contributed by atoms with E-state index in [1.807, 2.05) is 0 Å². The molecule has 1 fully saturated rings. The van der Waals surface area contributed by atoms with Crippen molar-refractivity contribution in [3.05, 3.63) is 0 Å². The monoisotopic (exact) mass is 114 g/mol. The third-order valence-corrected chi connectivity index (χ3v) is 1.84. The summed E-state index contributed by atoms with van der Waals surface area (Å²) in [6.07, 6.45) is 0. The van der Waals surface area contributed by atoms with Crippen LogP contribution in [0.25, 0.3) is 0 Å². The van der Waals surface area contributed by atoms with E-state index >= 15 is 0 Å². The Kier molecular flexibility index (Phi) is 1.54. The van der Waals surface area contributed by atoms with E-state index < -0.39 is 0 Å². The number of hydrogen-bond donors (Lipinski definition) is 1. The molecular formula is C6H14N2. The first kappa shape index (κ1) is 6.05. The lowest BCUT2D eigenvalue weighted by Gasteiger charge is -2.07. The van der Waals surface area contributed by atoms with E-state index in [4.69, 9.17) is 0 Å². The molecule has 2 unspecified atom stereocenters. The van der Waals surface area contributed by atoms with E-state index in [1.54, 1.807) is 0 Å². The molecule has 1 aliphatic rings. The second kappa shape index (κ2) is 2.03. The molecule has 0 aromatic rings. The summed E-state index contributed by atoms with van der Waals surface area (Å²) in [6, 6.07) is 0.667. The van der Waals surface area contributed by atoms with Gasteiger partial charge in [-0.2, -0.15) is 0 Å². The zero-order valence-electron chi connectivity index (χ0n) is 5.81. The molecular weight excluding hydrogens is 100 g/mol. The molecule has 8 heavy (non-hydrogen) atoms. The Morgan fingerprint density at radius 1 is 1.50 bits per heavy atom. The number of hydrogen-bond acceptors (Lipinski definition) is 2. The van der Waals surface area contributed by atoms with Gasteiger partial charge in [0.05, 0.1) is 0 Å². The van der Waals surface area contributed by atoms with Crippen molar-refractivity contribution in [1.82, 2.24) is 10.4 Å². The second-order valence-electron chi connectivity index (χ2n) is 2.78. The molecule has 0 saturated carbocycles. The lowest BCUT2D eigenvalue weighted by atomic mass is 10.1. The van der Waals surface area contributed by atoms with Crippen molar-refractivity contribution >= 4 is 0 Å². The van der Waals surface area contributed by atoms with Gasteiger partial charge in [-0.3, -0.25) is 5.43 Å². The van der Waals surface area contributed by atoms with Crippen molar-refractivity contribution < 1.29 is 0 Å². The Morgan fingerprint density at radius 2 is 2.12 bits per heavy atom. The van der Waals surface area contributed by atoms with Gasteiger partial charge in [-0.15, -0.1) is 0 Å². The molecule has 1 saturated heterocycles. The summed E-state index contributed by atoms with van der Waals surface area (Å²) in [5, 5.41) is 2.15. The second-order valence-corrected chi connectivity index (χ2v) is 2.78. The maximum absolute atomic E-state index is 3.30. The van der Waals surface area contributed by atoms with Crippen LogP contribution >= 0.6 is 0 Å². The first-order chi connectivity index (χ1) is 3.70. The van der Waals surface area contributed by atoms with Gasteiger partial charge >= 0.3 is 0 Å². The smallest absolute Gasteiger partial charge is 0.0225 e. The molecule has 0 aliphatic carbocycles. The predicted molar refractivity (Wildman–Crippen MR) is 34.4 cm³/mol. The summed E-state index contributed by atoms with van der Waals surface area (Å²) in [5.41, 5.74) is 3.30. The summed E-state index contributed by atoms with van der Waals surface area (Å²) in [5.74, 6) is 0.806. The van der Waals surface area contributed by atoms with Gasteiger partial charge in [-0.05, 0) is 12.8 Å². The lowest BCUT2D eigenvalue weighted by molar-refractivity contribution is 0.296. The van der Waals surface area contributed by atoms with Gasteiger partial charge in [0.1, 0.15) is 0 Å². The number of nitrogens with zero attached hydrogens (tertiary/aromatic N) is 1. The van der Waals surface area contributed by atoms with E-state index in [0.29, 0.717) is 6.04 Å². The van der Waals surface area contributed by atoms with Crippen molar-refractivity contribution in [1.29, 1.82) is 0 Å². The minimum absolute atomic E-state index is 0.667. The highest BCUT2D eigenvalue weighted by Crippen LogP contribution is 2.09. The molecule has 0 radical (unpaired) electrons. The Labute approximate surface area is 50.8 Å². The molecule has 0 bridgehead atoms. The maximum Gasteiger partial charge on any atom is 0.0225 e. The van der Waals surface area contributed by atoms with Gasteiger partial charge in [0.2, 0.25) is 0 Å². The van der Waals surface area contributed by atoms with E-state index in [2.05, 4.69) is 31.3 Å². The van der Waals surface area contributed by atoms with Crippen LogP contribution in [0.1, 0.15) is 13.8 Å². The molecule has 0 amide bonds. The van der Waals surface area contributed by atoms with Crippen molar-refractivity contribution in [2.24, 2.45) is 5.92 Å². The molecule has 2 heteroatoms. The van der Waals surface area contributed by atoms with Crippen molar-refractivity contribution in [3.63, 3.8) is 0 Å². The fraction of sp³-hybridized carbons (Fsp3) is 1.00. The average molecular weight is 114 g/mol. The Bertz CT molecular complexity index is 72.6. The van der Waals surface area contributed by atoms with Crippen LogP contribution in [0.3, 0.4) is 0 Å². The van der Waals surface area contributed by atoms with Crippen molar-refractivity contribution in [2.75, 3.05) is 13.6 Å². The van der Waals surface area contributed by atoms with Crippen LogP contribution < -0.4 is 5.43 Å². The maximum atomic E-state index is 3.30. The van der Waals surface area contributed by atoms with Crippen molar-refractivity contribution in [3.8, 4) is 0 Å². The molecule has 0 spiro atoms. The van der Waals surface area contributed by atoms with Crippen LogP contribution in [-0.2, 0) is 0 Å². The van der Waals surface area contributed by atoms with E-state index in [0.717, 1.165) is 5.92 Å². The zero-order valence-corrected chi connectivity index (χ0v) is 5.81. The average Bonchev–Trinajstić information content (AvgIpc) is 1.85. The summed E-state index contributed by atoms with van der Waals surface area (Å²) >= 11 is 0. The largest absolute Gasteiger partial charge is 0.252 e. The zero-order chi connectivity index (χ0) is 6.15. The quantitative estimate of drug-likeness (QED) is 0.492. The van der Waals surface area contributed by atoms with Gasteiger partial charge in [0.25, 0.3) is 0 Å². The first-order valence-corrected chi connectivity index (χ1v) is 3.17. The minimum Gasteiger partial charge on any atom is -0.252 e. The third kappa shape index (κ3) is 1.01. The molecule has 1 heterocycles. The topological polar surface area (TPSA) is 15.3 Å². The normalized spacial score (nSPS) is 40.9. The van der Waals surface area contributed by atoms with Crippen LogP contribution in [0.15, 0.2) is 0 Å². The molecule has 0 aromatic heterocycles. The van der Waals surface area contributed by atoms with E-state index in [9.17, 15) is 0 Å². The number of nitrogens with one attached hydrogen (secondary N) is 1. The van der Waals surface area contributed by atoms with Gasteiger partial charge < -0.3 is 0 Å². The molecule has 1 rings (SSSR count). The minimum atomic E-state index is 0.667. The van der Waals surface area contributed by atoms with Crippen molar-refractivity contribution in [2.45, 2.75) is 19.9 Å². The van der Waals surface area contributed by atoms with Gasteiger partial charge in [0.15, 0.2) is 0 Å². The van der Waals surface area contributed by atoms with E-state index in [1.165, 1.54) is 6.54 Å². The van der Waals surface area contributed by atoms with Crippen LogP contribution in [0.4, 0.5) is 0 Å². The summed E-state index contributed by atoms with van der Waals surface area (Å²) < 4.78 is 0. The molecule has 2 nitrogen and oxygen atoms in total. The van der Waals surface area contributed by atoms with Gasteiger partial charge in [0, 0.05) is 19.6 Å². The first-order valence-electron chi connectivity index (χ1n) is 3.17. The third-order valence-electron chi connectivity index (χ3n) is 1.84. The standard InChI is InChI=1S/C6H14N2/c1-5-4-8(3)7-6(5)2/h5-7H,4H2,1-3H3. The SMILES string of the molecule is CC1CN(C)NC1C. The van der Waals surface area contributed by atoms with Crippen LogP contribution in [0.2, 0.25) is 0 Å². The number of rotatable bonds is 0. The van der Waals surface area contributed by atoms with Gasteiger partial charge in [-0.25, -0.2) is 5.01 Å². The highest BCUT2D eigenvalue weighted by molar-refractivity contribution is 4.74. The summed E-state index contributed by atoms with van der Waals surface area (Å²) in [6.45, 7) is 5.66. The fourth-order valence-electron chi connectivity index (χ4n) is 1.12. The Balaban J connectivity index is 2.39. The number of hydrazine groups is 1. The Hall–Kier alpha value is -0.0800. The summed E-state index contributed by atoms with van der Waals surface area (Å²) in [7, 11) is 2.08. The lowest BCUT2D eigenvalue weighted by Crippen LogP contribution is -2.30. The highest BCUT2D eigenvalue weighted by atomic mass is 15.5. The molecule has 48 valence electrons. The van der Waals surface area contributed by atoms with Crippen LogP contribution in [0.5, 0.6) is 0 Å². The predicted octanol–water partition coefficient (Wildman–Crippen LogP) is 0.461. The molecule has 1 aliphatic heterocycles. The Morgan fingerprint density at radius 3 is 2.25 bits per heavy atom. The fourth-order valence-corrected chi connectivity index (χ4v) is 1.12. The molecule has 0 aromatic carbocycles. The van der Waals surface area contributed by atoms with E-state index in [-0.39, 0.29) is 0 Å². The van der Waals surface area contributed by atoms with Crippen LogP contribution in [-0.4, -0.2) is 24.6 Å². The summed E-state index contributed by atoms with van der Waals surface area (Å²) in [4.78, 5) is 0. The van der Waals surface area contributed by atoms with Gasteiger partial charge in [-0.1, -0.05) is 6.92 Å². The van der Waals surface area contributed by atoms with Crippen LogP contribution in [0, 0.1) is 5.92 Å².